The second-order valence-electron chi connectivity index (χ2n) is 11.1. The van der Waals surface area contributed by atoms with Gasteiger partial charge in [0.15, 0.2) is 0 Å². The first-order valence-corrected chi connectivity index (χ1v) is 14.3. The van der Waals surface area contributed by atoms with Crippen molar-refractivity contribution >= 4 is 46.2 Å². The molecule has 1 amide bonds. The van der Waals surface area contributed by atoms with Gasteiger partial charge in [0, 0.05) is 43.4 Å². The van der Waals surface area contributed by atoms with E-state index in [1.807, 2.05) is 13.8 Å². The van der Waals surface area contributed by atoms with Gasteiger partial charge in [-0.05, 0) is 40.7 Å². The average Bonchev–Trinajstić information content (AvgIpc) is 2.84. The third-order valence-corrected chi connectivity index (χ3v) is 8.55. The third kappa shape index (κ3) is 6.17. The SMILES string of the molecule is COCCOC[C@H]1CSc2c(Cl)c(C(F)(F)F)cc3c(N4CC(C)N(C(=O)OC(C)(C)C)CC4C)nc(=O)n1c23. The lowest BCUT2D eigenvalue weighted by Gasteiger charge is -2.45. The Morgan fingerprint density at radius 2 is 1.88 bits per heavy atom. The van der Waals surface area contributed by atoms with Crippen molar-refractivity contribution in [3.05, 3.63) is 27.1 Å². The molecular weight excluding hydrogens is 573 g/mol. The Bertz CT molecular complexity index is 1330. The molecule has 1 aromatic heterocycles. The van der Waals surface area contributed by atoms with Crippen molar-refractivity contribution in [3.63, 3.8) is 0 Å². The van der Waals surface area contributed by atoms with Gasteiger partial charge in [0.1, 0.15) is 11.4 Å². The van der Waals surface area contributed by atoms with Crippen LogP contribution < -0.4 is 10.6 Å². The van der Waals surface area contributed by atoms with Gasteiger partial charge in [0.05, 0.1) is 46.9 Å². The lowest BCUT2D eigenvalue weighted by Crippen LogP contribution is -2.59. The van der Waals surface area contributed by atoms with E-state index in [0.29, 0.717) is 24.5 Å². The Hall–Kier alpha value is -2.22. The van der Waals surface area contributed by atoms with E-state index in [2.05, 4.69) is 4.98 Å². The molecule has 2 aliphatic rings. The van der Waals surface area contributed by atoms with Crippen molar-refractivity contribution in [3.8, 4) is 0 Å². The molecule has 0 radical (unpaired) electrons. The molecule has 2 unspecified atom stereocenters. The molecule has 40 heavy (non-hydrogen) atoms. The van der Waals surface area contributed by atoms with E-state index in [1.165, 1.54) is 16.3 Å². The summed E-state index contributed by atoms with van der Waals surface area (Å²) >= 11 is 7.49. The fourth-order valence-electron chi connectivity index (χ4n) is 4.97. The predicted octanol–water partition coefficient (Wildman–Crippen LogP) is 5.21. The van der Waals surface area contributed by atoms with Gasteiger partial charge in [0.25, 0.3) is 0 Å². The number of piperazine rings is 1. The second-order valence-corrected chi connectivity index (χ2v) is 12.5. The lowest BCUT2D eigenvalue weighted by atomic mass is 10.1. The van der Waals surface area contributed by atoms with Gasteiger partial charge < -0.3 is 24.0 Å². The van der Waals surface area contributed by atoms with E-state index in [9.17, 15) is 22.8 Å². The number of rotatable bonds is 6. The highest BCUT2D eigenvalue weighted by molar-refractivity contribution is 7.99. The monoisotopic (exact) mass is 606 g/mol. The van der Waals surface area contributed by atoms with Crippen LogP contribution >= 0.6 is 23.4 Å². The average molecular weight is 607 g/mol. The van der Waals surface area contributed by atoms with Crippen molar-refractivity contribution in [1.29, 1.82) is 0 Å². The molecule has 3 atom stereocenters. The fourth-order valence-corrected chi connectivity index (χ4v) is 6.57. The van der Waals surface area contributed by atoms with Gasteiger partial charge in [-0.25, -0.2) is 9.59 Å². The molecule has 0 spiro atoms. The zero-order chi connectivity index (χ0) is 29.6. The maximum Gasteiger partial charge on any atom is 0.417 e. The number of nitrogens with zero attached hydrogens (tertiary/aromatic N) is 4. The summed E-state index contributed by atoms with van der Waals surface area (Å²) in [5, 5.41) is -0.268. The van der Waals surface area contributed by atoms with Crippen LogP contribution in [0.1, 0.15) is 46.2 Å². The van der Waals surface area contributed by atoms with Crippen LogP contribution in [0, 0.1) is 0 Å². The standard InChI is InChI=1S/C26H34ClF3N4O5S/c1-14-11-33(24(36)39-25(3,4)5)15(2)10-32(14)22-17-9-18(26(28,29)30)19(27)21-20(17)34(23(35)31-22)16(13-40-21)12-38-8-7-37-6/h9,14-16H,7-8,10-13H2,1-6H3/t14?,15?,16-/m0/s1. The van der Waals surface area contributed by atoms with E-state index in [4.69, 9.17) is 25.8 Å². The molecule has 2 aliphatic heterocycles. The van der Waals surface area contributed by atoms with Gasteiger partial charge in [-0.2, -0.15) is 18.2 Å². The third-order valence-electron chi connectivity index (χ3n) is 6.80. The molecular formula is C26H34ClF3N4O5S. The highest BCUT2D eigenvalue weighted by atomic mass is 35.5. The zero-order valence-electron chi connectivity index (χ0n) is 23.3. The van der Waals surface area contributed by atoms with Crippen LogP contribution in [0.5, 0.6) is 0 Å². The van der Waals surface area contributed by atoms with E-state index < -0.39 is 40.2 Å². The summed E-state index contributed by atoms with van der Waals surface area (Å²) < 4.78 is 59.9. The minimum Gasteiger partial charge on any atom is -0.444 e. The largest absolute Gasteiger partial charge is 0.444 e. The van der Waals surface area contributed by atoms with Crippen LogP contribution in [0.15, 0.2) is 15.8 Å². The minimum absolute atomic E-state index is 0.129. The Morgan fingerprint density at radius 3 is 2.50 bits per heavy atom. The number of thioether (sulfide) groups is 1. The van der Waals surface area contributed by atoms with Crippen LogP contribution in [0.3, 0.4) is 0 Å². The summed E-state index contributed by atoms with van der Waals surface area (Å²) in [7, 11) is 1.54. The van der Waals surface area contributed by atoms with Crippen LogP contribution in [0.4, 0.5) is 23.8 Å². The number of carbonyl (C=O) groups excluding carboxylic acids is 1. The smallest absolute Gasteiger partial charge is 0.417 e. The van der Waals surface area contributed by atoms with Gasteiger partial charge in [0.2, 0.25) is 0 Å². The molecule has 0 saturated carbocycles. The number of anilines is 1. The van der Waals surface area contributed by atoms with Gasteiger partial charge in [-0.15, -0.1) is 11.8 Å². The molecule has 0 aliphatic carbocycles. The molecule has 3 heterocycles. The number of alkyl halides is 3. The minimum atomic E-state index is -4.71. The fraction of sp³-hybridized carbons (Fsp3) is 0.654. The first-order chi connectivity index (χ1) is 18.6. The lowest BCUT2D eigenvalue weighted by molar-refractivity contribution is -0.137. The molecule has 14 heteroatoms. The quantitative estimate of drug-likeness (QED) is 0.414. The van der Waals surface area contributed by atoms with Crippen molar-refractivity contribution in [2.45, 2.75) is 69.4 Å². The summed E-state index contributed by atoms with van der Waals surface area (Å²) in [6.45, 7) is 10.3. The maximum absolute atomic E-state index is 14.1. The summed E-state index contributed by atoms with van der Waals surface area (Å²) in [6, 6.07) is -0.208. The summed E-state index contributed by atoms with van der Waals surface area (Å²) in [6.07, 6.45) is -5.19. The van der Waals surface area contributed by atoms with Gasteiger partial charge >= 0.3 is 18.0 Å². The molecule has 0 bridgehead atoms. The Kier molecular flexibility index (Phi) is 8.89. The number of methoxy groups -OCH3 is 1. The van der Waals surface area contributed by atoms with Crippen LogP contribution in [-0.2, 0) is 20.4 Å². The number of benzene rings is 1. The zero-order valence-corrected chi connectivity index (χ0v) is 24.9. The van der Waals surface area contributed by atoms with Crippen LogP contribution in [0.25, 0.3) is 10.9 Å². The molecule has 9 nitrogen and oxygen atoms in total. The highest BCUT2D eigenvalue weighted by Crippen LogP contribution is 2.48. The Labute approximate surface area is 239 Å². The number of carbonyl (C=O) groups is 1. The molecule has 222 valence electrons. The van der Waals surface area contributed by atoms with Crippen LogP contribution in [0.2, 0.25) is 5.02 Å². The Morgan fingerprint density at radius 1 is 1.18 bits per heavy atom. The van der Waals surface area contributed by atoms with E-state index in [1.54, 1.807) is 37.7 Å². The maximum atomic E-state index is 14.1. The number of amides is 1. The van der Waals surface area contributed by atoms with Crippen LogP contribution in [-0.4, -0.2) is 84.0 Å². The van der Waals surface area contributed by atoms with Gasteiger partial charge in [-0.1, -0.05) is 11.6 Å². The summed E-state index contributed by atoms with van der Waals surface area (Å²) in [5.41, 5.74) is -1.97. The predicted molar refractivity (Wildman–Crippen MR) is 148 cm³/mol. The van der Waals surface area contributed by atoms with Crippen molar-refractivity contribution in [1.82, 2.24) is 14.5 Å². The number of aromatic nitrogens is 2. The molecule has 4 rings (SSSR count). The highest BCUT2D eigenvalue weighted by Gasteiger charge is 2.40. The first kappa shape index (κ1) is 30.7. The van der Waals surface area contributed by atoms with Crippen molar-refractivity contribution in [2.24, 2.45) is 0 Å². The number of hydrogen-bond acceptors (Lipinski definition) is 8. The Balaban J connectivity index is 1.81. The van der Waals surface area contributed by atoms with Crippen molar-refractivity contribution in [2.75, 3.05) is 50.7 Å². The molecule has 1 fully saturated rings. The normalized spacial score (nSPS) is 21.7. The van der Waals surface area contributed by atoms with E-state index in [-0.39, 0.29) is 47.9 Å². The number of halogens is 4. The molecule has 2 aromatic rings. The second kappa shape index (κ2) is 11.6. The van der Waals surface area contributed by atoms with E-state index >= 15 is 0 Å². The molecule has 1 saturated heterocycles. The summed E-state index contributed by atoms with van der Waals surface area (Å²) in [4.78, 5) is 34.2. The first-order valence-electron chi connectivity index (χ1n) is 13.0. The topological polar surface area (TPSA) is 86.1 Å². The van der Waals surface area contributed by atoms with Gasteiger partial charge in [-0.3, -0.25) is 4.57 Å². The molecule has 1 aromatic carbocycles. The number of ether oxygens (including phenoxy) is 3. The summed E-state index contributed by atoms with van der Waals surface area (Å²) in [5.74, 6) is 0.420. The number of hydrogen-bond donors (Lipinski definition) is 0. The van der Waals surface area contributed by atoms with E-state index in [0.717, 1.165) is 6.07 Å². The molecule has 0 N–H and O–H groups in total. The van der Waals surface area contributed by atoms with Crippen molar-refractivity contribution < 1.29 is 32.2 Å².